The Hall–Kier alpha value is -3.70. The molecule has 0 fully saturated rings. The van der Waals surface area contributed by atoms with Gasteiger partial charge in [0, 0.05) is 29.1 Å². The van der Waals surface area contributed by atoms with E-state index in [4.69, 9.17) is 4.42 Å². The van der Waals surface area contributed by atoms with Crippen LogP contribution in [0.5, 0.6) is 0 Å². The maximum Gasteiger partial charge on any atom is 0.137 e. The molecule has 5 nitrogen and oxygen atoms in total. The molecule has 5 heteroatoms. The second kappa shape index (κ2) is 7.97. The lowest BCUT2D eigenvalue weighted by Crippen LogP contribution is -2.10. The fraction of sp³-hybridized carbons (Fsp3) is 0.120. The van der Waals surface area contributed by atoms with E-state index in [-0.39, 0.29) is 0 Å². The first-order valence-corrected chi connectivity index (χ1v) is 10.1. The molecule has 4 heterocycles. The zero-order valence-electron chi connectivity index (χ0n) is 16.7. The van der Waals surface area contributed by atoms with Gasteiger partial charge in [-0.2, -0.15) is 0 Å². The Balaban J connectivity index is 1.48. The Morgan fingerprint density at radius 3 is 2.67 bits per heavy atom. The summed E-state index contributed by atoms with van der Waals surface area (Å²) >= 11 is 0. The van der Waals surface area contributed by atoms with Crippen molar-refractivity contribution in [2.45, 2.75) is 13.5 Å². The van der Waals surface area contributed by atoms with Crippen LogP contribution in [0, 0.1) is 0 Å². The van der Waals surface area contributed by atoms with Gasteiger partial charge in [0.25, 0.3) is 0 Å². The minimum absolute atomic E-state index is 0.734. The molecule has 0 aliphatic heterocycles. The Kier molecular flexibility index (Phi) is 4.87. The van der Waals surface area contributed by atoms with Gasteiger partial charge in [-0.05, 0) is 42.4 Å². The Morgan fingerprint density at radius 2 is 1.80 bits per heavy atom. The number of hydrogen-bond donors (Lipinski definition) is 1. The number of rotatable bonds is 6. The zero-order chi connectivity index (χ0) is 20.3. The van der Waals surface area contributed by atoms with E-state index in [0.717, 1.165) is 58.1 Å². The number of imidazole rings is 1. The lowest BCUT2D eigenvalue weighted by atomic mass is 10.1. The highest BCUT2D eigenvalue weighted by atomic mass is 16.3. The van der Waals surface area contributed by atoms with E-state index in [9.17, 15) is 0 Å². The van der Waals surface area contributed by atoms with Crippen molar-refractivity contribution in [1.29, 1.82) is 0 Å². The second-order valence-corrected chi connectivity index (χ2v) is 7.16. The van der Waals surface area contributed by atoms with Crippen LogP contribution in [0.2, 0.25) is 0 Å². The Morgan fingerprint density at radius 1 is 0.900 bits per heavy atom. The van der Waals surface area contributed by atoms with Crippen LogP contribution in [0.25, 0.3) is 39.3 Å². The van der Waals surface area contributed by atoms with Crippen molar-refractivity contribution in [3.8, 4) is 33.6 Å². The highest BCUT2D eigenvalue weighted by molar-refractivity contribution is 5.73. The summed E-state index contributed by atoms with van der Waals surface area (Å²) < 4.78 is 7.77. The maximum atomic E-state index is 5.67. The highest BCUT2D eigenvalue weighted by Gasteiger charge is 2.10. The molecule has 0 bridgehead atoms. The SMILES string of the molecule is CCNCc1cc(-c2ccn3c(-c4ccnc(-c5ccccc5)c4)cnc3c2)co1. The molecular formula is C25H22N4O. The largest absolute Gasteiger partial charge is 0.467 e. The summed E-state index contributed by atoms with van der Waals surface area (Å²) in [5, 5.41) is 3.28. The number of nitrogens with zero attached hydrogens (tertiary/aromatic N) is 3. The van der Waals surface area contributed by atoms with Crippen LogP contribution in [-0.4, -0.2) is 20.9 Å². The predicted octanol–water partition coefficient (Wildman–Crippen LogP) is 5.43. The van der Waals surface area contributed by atoms with Crippen molar-refractivity contribution in [2.75, 3.05) is 6.54 Å². The minimum atomic E-state index is 0.734. The summed E-state index contributed by atoms with van der Waals surface area (Å²) in [6, 6.07) is 20.6. The fourth-order valence-electron chi connectivity index (χ4n) is 3.60. The molecule has 1 N–H and O–H groups in total. The van der Waals surface area contributed by atoms with Crippen LogP contribution < -0.4 is 5.32 Å². The molecule has 0 aliphatic carbocycles. The standard InChI is InChI=1S/C25H22N4O/c1-2-26-15-22-12-21(17-30-22)19-9-11-29-24(16-28-25(29)14-19)20-8-10-27-23(13-20)18-6-4-3-5-7-18/h3-14,16-17,26H,2,15H2,1H3. The average Bonchev–Trinajstić information content (AvgIpc) is 3.45. The van der Waals surface area contributed by atoms with Crippen LogP contribution in [-0.2, 0) is 6.54 Å². The molecule has 0 amide bonds. The number of hydrogen-bond acceptors (Lipinski definition) is 4. The van der Waals surface area contributed by atoms with Gasteiger partial charge in [0.05, 0.1) is 30.4 Å². The van der Waals surface area contributed by atoms with Crippen molar-refractivity contribution in [3.05, 3.63) is 91.3 Å². The molecule has 0 saturated carbocycles. The summed E-state index contributed by atoms with van der Waals surface area (Å²) in [4.78, 5) is 9.17. The van der Waals surface area contributed by atoms with Gasteiger partial charge in [-0.1, -0.05) is 37.3 Å². The number of pyridine rings is 2. The molecular weight excluding hydrogens is 372 g/mol. The zero-order valence-corrected chi connectivity index (χ0v) is 16.7. The quantitative estimate of drug-likeness (QED) is 0.417. The second-order valence-electron chi connectivity index (χ2n) is 7.16. The lowest BCUT2D eigenvalue weighted by Gasteiger charge is -2.06. The van der Waals surface area contributed by atoms with Crippen molar-refractivity contribution in [3.63, 3.8) is 0 Å². The van der Waals surface area contributed by atoms with Crippen LogP contribution in [0.3, 0.4) is 0 Å². The first-order chi connectivity index (χ1) is 14.8. The van der Waals surface area contributed by atoms with Crippen LogP contribution in [0.4, 0.5) is 0 Å². The molecule has 0 aliphatic rings. The lowest BCUT2D eigenvalue weighted by molar-refractivity contribution is 0.488. The van der Waals surface area contributed by atoms with E-state index < -0.39 is 0 Å². The average molecular weight is 394 g/mol. The van der Waals surface area contributed by atoms with E-state index in [1.165, 1.54) is 0 Å². The summed E-state index contributed by atoms with van der Waals surface area (Å²) in [5.74, 6) is 0.931. The van der Waals surface area contributed by atoms with Crippen LogP contribution >= 0.6 is 0 Å². The van der Waals surface area contributed by atoms with E-state index in [1.807, 2.05) is 36.7 Å². The first kappa shape index (κ1) is 18.3. The van der Waals surface area contributed by atoms with Gasteiger partial charge in [-0.3, -0.25) is 9.38 Å². The molecule has 0 atom stereocenters. The van der Waals surface area contributed by atoms with Gasteiger partial charge in [0.1, 0.15) is 11.4 Å². The molecule has 5 rings (SSSR count). The number of fused-ring (bicyclic) bond motifs is 1. The first-order valence-electron chi connectivity index (χ1n) is 10.1. The highest BCUT2D eigenvalue weighted by Crippen LogP contribution is 2.28. The van der Waals surface area contributed by atoms with E-state index in [0.29, 0.717) is 0 Å². The summed E-state index contributed by atoms with van der Waals surface area (Å²) in [7, 11) is 0. The van der Waals surface area contributed by atoms with E-state index >= 15 is 0 Å². The molecule has 148 valence electrons. The summed E-state index contributed by atoms with van der Waals surface area (Å²) in [6.07, 6.45) is 7.63. The molecule has 30 heavy (non-hydrogen) atoms. The topological polar surface area (TPSA) is 55.4 Å². The van der Waals surface area contributed by atoms with Crippen LogP contribution in [0.1, 0.15) is 12.7 Å². The van der Waals surface area contributed by atoms with Gasteiger partial charge in [-0.25, -0.2) is 4.98 Å². The van der Waals surface area contributed by atoms with Gasteiger partial charge in [0.2, 0.25) is 0 Å². The smallest absolute Gasteiger partial charge is 0.137 e. The van der Waals surface area contributed by atoms with Gasteiger partial charge in [-0.15, -0.1) is 0 Å². The third kappa shape index (κ3) is 3.51. The predicted molar refractivity (Wildman–Crippen MR) is 119 cm³/mol. The number of furan rings is 1. The number of nitrogens with one attached hydrogen (secondary N) is 1. The minimum Gasteiger partial charge on any atom is -0.467 e. The molecule has 0 spiro atoms. The summed E-state index contributed by atoms with van der Waals surface area (Å²) in [6.45, 7) is 3.73. The number of benzene rings is 1. The van der Waals surface area contributed by atoms with Gasteiger partial charge < -0.3 is 9.73 Å². The monoisotopic (exact) mass is 394 g/mol. The fourth-order valence-corrected chi connectivity index (χ4v) is 3.60. The third-order valence-electron chi connectivity index (χ3n) is 5.17. The van der Waals surface area contributed by atoms with E-state index in [1.54, 1.807) is 6.26 Å². The number of aromatic nitrogens is 3. The van der Waals surface area contributed by atoms with Crippen molar-refractivity contribution >= 4 is 5.65 Å². The maximum absolute atomic E-state index is 5.67. The van der Waals surface area contributed by atoms with Gasteiger partial charge >= 0.3 is 0 Å². The Bertz CT molecular complexity index is 1290. The molecule has 0 radical (unpaired) electrons. The van der Waals surface area contributed by atoms with Crippen molar-refractivity contribution in [2.24, 2.45) is 0 Å². The molecule has 0 unspecified atom stereocenters. The third-order valence-corrected chi connectivity index (χ3v) is 5.17. The molecule has 5 aromatic rings. The van der Waals surface area contributed by atoms with Crippen molar-refractivity contribution < 1.29 is 4.42 Å². The molecule has 4 aromatic heterocycles. The van der Waals surface area contributed by atoms with Gasteiger partial charge in [0.15, 0.2) is 0 Å². The normalized spacial score (nSPS) is 11.2. The Labute approximate surface area is 175 Å². The van der Waals surface area contributed by atoms with Crippen molar-refractivity contribution in [1.82, 2.24) is 19.7 Å². The molecule has 1 aromatic carbocycles. The van der Waals surface area contributed by atoms with E-state index in [2.05, 4.69) is 69.2 Å². The summed E-state index contributed by atoms with van der Waals surface area (Å²) in [5.41, 5.74) is 7.22. The van der Waals surface area contributed by atoms with Crippen LogP contribution in [0.15, 0.2) is 89.9 Å². The molecule has 0 saturated heterocycles.